The van der Waals surface area contributed by atoms with Crippen molar-refractivity contribution in [2.75, 3.05) is 11.4 Å². The zero-order chi connectivity index (χ0) is 19.5. The summed E-state index contributed by atoms with van der Waals surface area (Å²) in [6.07, 6.45) is 1.67. The van der Waals surface area contributed by atoms with E-state index in [4.69, 9.17) is 0 Å². The van der Waals surface area contributed by atoms with Crippen molar-refractivity contribution in [3.05, 3.63) is 33.9 Å². The number of carboxylic acid groups (broad SMARTS) is 1. The standard InChI is InChI=1S/C18H20FN3O5/c1-8(23)14-4-10(24)6-22(14)17-13(19)5-11-15(25)12(18(26)27)7-21(9-2-3-9)16(11)20-17/h5,7-10,14,23-24H,2-4,6H2,1H3,(H,26,27)/t8-,10+,14-/m0/s1. The Morgan fingerprint density at radius 1 is 1.41 bits per heavy atom. The largest absolute Gasteiger partial charge is 0.477 e. The minimum Gasteiger partial charge on any atom is -0.477 e. The smallest absolute Gasteiger partial charge is 0.341 e. The summed E-state index contributed by atoms with van der Waals surface area (Å²) < 4.78 is 16.5. The average Bonchev–Trinajstić information content (AvgIpc) is 3.36. The minimum absolute atomic E-state index is 0.0220. The van der Waals surface area contributed by atoms with Gasteiger partial charge in [-0.1, -0.05) is 0 Å². The second-order valence-electron chi connectivity index (χ2n) is 7.33. The van der Waals surface area contributed by atoms with Crippen molar-refractivity contribution in [2.45, 2.75) is 50.5 Å². The van der Waals surface area contributed by atoms with Crippen LogP contribution in [0.15, 0.2) is 17.1 Å². The summed E-state index contributed by atoms with van der Waals surface area (Å²) in [7, 11) is 0. The number of carbonyl (C=O) groups is 1. The number of hydrogen-bond acceptors (Lipinski definition) is 6. The Morgan fingerprint density at radius 3 is 2.70 bits per heavy atom. The summed E-state index contributed by atoms with van der Waals surface area (Å²) in [5, 5.41) is 29.1. The van der Waals surface area contributed by atoms with Crippen LogP contribution in [0.5, 0.6) is 0 Å². The van der Waals surface area contributed by atoms with E-state index in [9.17, 15) is 29.3 Å². The Bertz CT molecular complexity index is 985. The molecule has 0 amide bonds. The third-order valence-corrected chi connectivity index (χ3v) is 5.26. The molecule has 4 rings (SSSR count). The number of rotatable bonds is 4. The van der Waals surface area contributed by atoms with Crippen LogP contribution in [-0.4, -0.2) is 55.6 Å². The molecule has 3 heterocycles. The molecule has 2 aromatic rings. The van der Waals surface area contributed by atoms with Crippen LogP contribution in [0.1, 0.15) is 42.6 Å². The molecular weight excluding hydrogens is 357 g/mol. The number of anilines is 1. The molecule has 0 radical (unpaired) electrons. The van der Waals surface area contributed by atoms with E-state index in [0.717, 1.165) is 18.9 Å². The van der Waals surface area contributed by atoms with Crippen LogP contribution in [0.4, 0.5) is 10.2 Å². The third-order valence-electron chi connectivity index (χ3n) is 5.26. The summed E-state index contributed by atoms with van der Waals surface area (Å²) in [5.41, 5.74) is -0.975. The molecule has 8 nitrogen and oxygen atoms in total. The first-order valence-electron chi connectivity index (χ1n) is 8.89. The number of aliphatic hydroxyl groups is 2. The van der Waals surface area contributed by atoms with Crippen LogP contribution in [0, 0.1) is 5.82 Å². The number of fused-ring (bicyclic) bond motifs is 1. The summed E-state index contributed by atoms with van der Waals surface area (Å²) in [6.45, 7) is 1.68. The zero-order valence-electron chi connectivity index (χ0n) is 14.7. The molecule has 1 saturated heterocycles. The average molecular weight is 377 g/mol. The number of carboxylic acids is 1. The molecule has 1 aliphatic carbocycles. The van der Waals surface area contributed by atoms with Gasteiger partial charge >= 0.3 is 5.97 Å². The van der Waals surface area contributed by atoms with Gasteiger partial charge in [-0.15, -0.1) is 0 Å². The minimum atomic E-state index is -1.36. The predicted molar refractivity (Wildman–Crippen MR) is 94.6 cm³/mol. The molecule has 3 N–H and O–H groups in total. The van der Waals surface area contributed by atoms with Crippen molar-refractivity contribution >= 4 is 22.8 Å². The Labute approximate surface area is 153 Å². The highest BCUT2D eigenvalue weighted by atomic mass is 19.1. The van der Waals surface area contributed by atoms with Gasteiger partial charge in [0.2, 0.25) is 5.43 Å². The summed E-state index contributed by atoms with van der Waals surface area (Å²) in [4.78, 5) is 29.7. The lowest BCUT2D eigenvalue weighted by Gasteiger charge is -2.28. The lowest BCUT2D eigenvalue weighted by atomic mass is 10.1. The molecule has 0 aromatic carbocycles. The highest BCUT2D eigenvalue weighted by Crippen LogP contribution is 2.37. The molecule has 0 bridgehead atoms. The maximum atomic E-state index is 14.8. The van der Waals surface area contributed by atoms with Crippen LogP contribution in [0.3, 0.4) is 0 Å². The predicted octanol–water partition coefficient (Wildman–Crippen LogP) is 0.889. The van der Waals surface area contributed by atoms with Gasteiger partial charge in [-0.2, -0.15) is 0 Å². The van der Waals surface area contributed by atoms with Gasteiger partial charge in [-0.05, 0) is 32.3 Å². The van der Waals surface area contributed by atoms with Crippen molar-refractivity contribution in [2.24, 2.45) is 0 Å². The number of nitrogens with zero attached hydrogens (tertiary/aromatic N) is 3. The number of hydrogen-bond donors (Lipinski definition) is 3. The van der Waals surface area contributed by atoms with Gasteiger partial charge in [0.15, 0.2) is 11.6 Å². The van der Waals surface area contributed by atoms with Gasteiger partial charge in [0.25, 0.3) is 0 Å². The van der Waals surface area contributed by atoms with Crippen molar-refractivity contribution < 1.29 is 24.5 Å². The van der Waals surface area contributed by atoms with E-state index >= 15 is 0 Å². The number of aromatic nitrogens is 2. The monoisotopic (exact) mass is 377 g/mol. The van der Waals surface area contributed by atoms with Crippen LogP contribution in [0.25, 0.3) is 11.0 Å². The second kappa shape index (κ2) is 6.28. The molecule has 2 aliphatic rings. The first-order valence-corrected chi connectivity index (χ1v) is 8.89. The zero-order valence-corrected chi connectivity index (χ0v) is 14.7. The Kier molecular flexibility index (Phi) is 4.15. The maximum absolute atomic E-state index is 14.8. The van der Waals surface area contributed by atoms with E-state index in [-0.39, 0.29) is 35.9 Å². The van der Waals surface area contributed by atoms with Crippen molar-refractivity contribution in [3.8, 4) is 0 Å². The van der Waals surface area contributed by atoms with Gasteiger partial charge in [-0.25, -0.2) is 14.2 Å². The number of aliphatic hydroxyl groups excluding tert-OH is 2. The molecule has 0 unspecified atom stereocenters. The maximum Gasteiger partial charge on any atom is 0.341 e. The van der Waals surface area contributed by atoms with Gasteiger partial charge in [0, 0.05) is 18.8 Å². The number of β-amino-alcohol motifs (C(OH)–C–C–N with tert-alkyl or cyclic N) is 1. The number of halogens is 1. The topological polar surface area (TPSA) is 116 Å². The SMILES string of the molecule is C[C@H](O)[C@@H]1C[C@@H](O)CN1c1nc2c(cc1F)c(=O)c(C(=O)O)cn2C1CC1. The molecule has 2 fully saturated rings. The lowest BCUT2D eigenvalue weighted by molar-refractivity contribution is 0.0694. The number of pyridine rings is 2. The third kappa shape index (κ3) is 2.96. The van der Waals surface area contributed by atoms with Crippen LogP contribution < -0.4 is 10.3 Å². The van der Waals surface area contributed by atoms with E-state index in [2.05, 4.69) is 4.98 Å². The molecule has 0 spiro atoms. The van der Waals surface area contributed by atoms with E-state index in [1.54, 1.807) is 11.5 Å². The van der Waals surface area contributed by atoms with Crippen molar-refractivity contribution in [1.29, 1.82) is 0 Å². The number of aromatic carboxylic acids is 1. The van der Waals surface area contributed by atoms with E-state index in [1.165, 1.54) is 11.1 Å². The molecule has 3 atom stereocenters. The van der Waals surface area contributed by atoms with Crippen LogP contribution in [-0.2, 0) is 0 Å². The van der Waals surface area contributed by atoms with E-state index in [0.29, 0.717) is 0 Å². The normalized spacial score (nSPS) is 23.8. The fraction of sp³-hybridized carbons (Fsp3) is 0.500. The van der Waals surface area contributed by atoms with E-state index in [1.807, 2.05) is 0 Å². The van der Waals surface area contributed by atoms with E-state index < -0.39 is 41.0 Å². The molecule has 1 saturated carbocycles. The fourth-order valence-electron chi connectivity index (χ4n) is 3.77. The molecule has 2 aromatic heterocycles. The van der Waals surface area contributed by atoms with Crippen LogP contribution >= 0.6 is 0 Å². The summed E-state index contributed by atoms with van der Waals surface area (Å²) in [6, 6.07) is 0.530. The van der Waals surface area contributed by atoms with Gasteiger partial charge in [0.05, 0.1) is 23.6 Å². The fourth-order valence-corrected chi connectivity index (χ4v) is 3.77. The second-order valence-corrected chi connectivity index (χ2v) is 7.33. The van der Waals surface area contributed by atoms with Crippen molar-refractivity contribution in [1.82, 2.24) is 9.55 Å². The molecule has 144 valence electrons. The summed E-state index contributed by atoms with van der Waals surface area (Å²) >= 11 is 0. The van der Waals surface area contributed by atoms with Gasteiger partial charge in [0.1, 0.15) is 11.2 Å². The summed E-state index contributed by atoms with van der Waals surface area (Å²) in [5.74, 6) is -2.20. The van der Waals surface area contributed by atoms with Gasteiger partial charge < -0.3 is 24.8 Å². The Morgan fingerprint density at radius 2 is 2.11 bits per heavy atom. The molecule has 1 aliphatic heterocycles. The molecular formula is C18H20FN3O5. The van der Waals surface area contributed by atoms with Gasteiger partial charge in [-0.3, -0.25) is 4.79 Å². The van der Waals surface area contributed by atoms with Crippen molar-refractivity contribution in [3.63, 3.8) is 0 Å². The Hall–Kier alpha value is -2.52. The van der Waals surface area contributed by atoms with Crippen LogP contribution in [0.2, 0.25) is 0 Å². The highest BCUT2D eigenvalue weighted by Gasteiger charge is 2.37. The first-order chi connectivity index (χ1) is 12.8. The Balaban J connectivity index is 1.93. The first kappa shape index (κ1) is 17.9. The molecule has 9 heteroatoms. The molecule has 27 heavy (non-hydrogen) atoms. The highest BCUT2D eigenvalue weighted by molar-refractivity contribution is 5.92. The lowest BCUT2D eigenvalue weighted by Crippen LogP contribution is -2.38. The quantitative estimate of drug-likeness (QED) is 0.725.